The number of rotatable bonds is 4. The fraction of sp³-hybridized carbons (Fsp3) is 0.188. The van der Waals surface area contributed by atoms with Crippen LogP contribution in [-0.4, -0.2) is 5.91 Å². The van der Waals surface area contributed by atoms with Crippen LogP contribution < -0.4 is 5.32 Å². The molecule has 0 radical (unpaired) electrons. The van der Waals surface area contributed by atoms with Gasteiger partial charge in [-0.3, -0.25) is 4.79 Å². The summed E-state index contributed by atoms with van der Waals surface area (Å²) in [6.07, 6.45) is 0. The van der Waals surface area contributed by atoms with Crippen molar-refractivity contribution in [1.29, 1.82) is 0 Å². The predicted molar refractivity (Wildman–Crippen MR) is 83.3 cm³/mol. The van der Waals surface area contributed by atoms with Crippen molar-refractivity contribution in [3.8, 4) is 0 Å². The molecule has 20 heavy (non-hydrogen) atoms. The van der Waals surface area contributed by atoms with Gasteiger partial charge >= 0.3 is 0 Å². The molecule has 0 heterocycles. The zero-order chi connectivity index (χ0) is 14.5. The molecule has 0 aliphatic heterocycles. The molecule has 0 aliphatic rings. The van der Waals surface area contributed by atoms with Crippen LogP contribution in [-0.2, 0) is 5.88 Å². The number of hydrogen-bond donors (Lipinski definition) is 1. The SMILES string of the molecule is C[C@H](NC(=O)c1cccc(CCl)c1)c1ccccc1Cl. The van der Waals surface area contributed by atoms with Gasteiger partial charge in [0, 0.05) is 16.5 Å². The van der Waals surface area contributed by atoms with Crippen molar-refractivity contribution in [3.05, 3.63) is 70.2 Å². The molecule has 1 amide bonds. The topological polar surface area (TPSA) is 29.1 Å². The van der Waals surface area contributed by atoms with E-state index in [2.05, 4.69) is 5.32 Å². The van der Waals surface area contributed by atoms with Gasteiger partial charge in [-0.25, -0.2) is 0 Å². The van der Waals surface area contributed by atoms with E-state index in [-0.39, 0.29) is 11.9 Å². The van der Waals surface area contributed by atoms with E-state index in [1.807, 2.05) is 43.3 Å². The van der Waals surface area contributed by atoms with Crippen molar-refractivity contribution in [2.75, 3.05) is 0 Å². The van der Waals surface area contributed by atoms with E-state index in [9.17, 15) is 4.79 Å². The van der Waals surface area contributed by atoms with E-state index in [1.165, 1.54) is 0 Å². The summed E-state index contributed by atoms with van der Waals surface area (Å²) in [5, 5.41) is 3.59. The maximum Gasteiger partial charge on any atom is 0.251 e. The monoisotopic (exact) mass is 307 g/mol. The molecular formula is C16H15Cl2NO. The standard InChI is InChI=1S/C16H15Cl2NO/c1-11(14-7-2-3-8-15(14)18)19-16(20)13-6-4-5-12(9-13)10-17/h2-9,11H,10H2,1H3,(H,19,20)/t11-/m0/s1. The van der Waals surface area contributed by atoms with Gasteiger partial charge in [0.1, 0.15) is 0 Å². The third-order valence-electron chi connectivity index (χ3n) is 3.06. The summed E-state index contributed by atoms with van der Waals surface area (Å²) in [7, 11) is 0. The van der Waals surface area contributed by atoms with E-state index in [0.717, 1.165) is 11.1 Å². The van der Waals surface area contributed by atoms with Crippen molar-refractivity contribution in [1.82, 2.24) is 5.32 Å². The number of nitrogens with one attached hydrogen (secondary N) is 1. The van der Waals surface area contributed by atoms with Crippen LogP contribution in [0.2, 0.25) is 5.02 Å². The Bertz CT molecular complexity index is 613. The maximum absolute atomic E-state index is 12.2. The van der Waals surface area contributed by atoms with Gasteiger partial charge in [0.05, 0.1) is 6.04 Å². The molecule has 104 valence electrons. The van der Waals surface area contributed by atoms with E-state index in [4.69, 9.17) is 23.2 Å². The van der Waals surface area contributed by atoms with Crippen LogP contribution in [0, 0.1) is 0 Å². The number of benzene rings is 2. The first kappa shape index (κ1) is 14.9. The molecule has 4 heteroatoms. The van der Waals surface area contributed by atoms with Crippen molar-refractivity contribution in [2.24, 2.45) is 0 Å². The average molecular weight is 308 g/mol. The summed E-state index contributed by atoms with van der Waals surface area (Å²) in [6, 6.07) is 14.6. The zero-order valence-electron chi connectivity index (χ0n) is 11.1. The van der Waals surface area contributed by atoms with Crippen LogP contribution in [0.25, 0.3) is 0 Å². The fourth-order valence-corrected chi connectivity index (χ4v) is 2.45. The third-order valence-corrected chi connectivity index (χ3v) is 3.72. The first-order valence-electron chi connectivity index (χ1n) is 6.32. The smallest absolute Gasteiger partial charge is 0.251 e. The van der Waals surface area contributed by atoms with Crippen LogP contribution in [0.5, 0.6) is 0 Å². The molecule has 0 fully saturated rings. The van der Waals surface area contributed by atoms with Gasteiger partial charge in [-0.2, -0.15) is 0 Å². The number of carbonyl (C=O) groups is 1. The fourth-order valence-electron chi connectivity index (χ4n) is 1.98. The summed E-state index contributed by atoms with van der Waals surface area (Å²) in [5.74, 6) is 0.255. The molecule has 0 bridgehead atoms. The number of halogens is 2. The molecule has 0 aliphatic carbocycles. The normalized spacial score (nSPS) is 11.9. The molecule has 0 saturated carbocycles. The highest BCUT2D eigenvalue weighted by molar-refractivity contribution is 6.31. The quantitative estimate of drug-likeness (QED) is 0.824. The predicted octanol–water partition coefficient (Wildman–Crippen LogP) is 4.57. The van der Waals surface area contributed by atoms with Crippen LogP contribution in [0.1, 0.15) is 34.5 Å². The average Bonchev–Trinajstić information content (AvgIpc) is 2.47. The van der Waals surface area contributed by atoms with Crippen molar-refractivity contribution < 1.29 is 4.79 Å². The second kappa shape index (κ2) is 6.78. The Morgan fingerprint density at radius 2 is 1.95 bits per heavy atom. The number of carbonyl (C=O) groups excluding carboxylic acids is 1. The van der Waals surface area contributed by atoms with Crippen molar-refractivity contribution >= 4 is 29.1 Å². The summed E-state index contributed by atoms with van der Waals surface area (Å²) < 4.78 is 0. The summed E-state index contributed by atoms with van der Waals surface area (Å²) in [6.45, 7) is 1.91. The molecular weight excluding hydrogens is 293 g/mol. The molecule has 2 aromatic rings. The molecule has 2 rings (SSSR count). The van der Waals surface area contributed by atoms with Gasteiger partial charge in [-0.05, 0) is 36.2 Å². The summed E-state index contributed by atoms with van der Waals surface area (Å²) in [4.78, 5) is 12.2. The first-order chi connectivity index (χ1) is 9.61. The minimum atomic E-state index is -0.157. The van der Waals surface area contributed by atoms with Crippen LogP contribution >= 0.6 is 23.2 Å². The number of hydrogen-bond acceptors (Lipinski definition) is 1. The Balaban J connectivity index is 2.13. The second-order valence-electron chi connectivity index (χ2n) is 4.55. The molecule has 2 aromatic carbocycles. The maximum atomic E-state index is 12.2. The van der Waals surface area contributed by atoms with Crippen LogP contribution in [0.3, 0.4) is 0 Å². The molecule has 2 nitrogen and oxygen atoms in total. The summed E-state index contributed by atoms with van der Waals surface area (Å²) >= 11 is 11.9. The van der Waals surface area contributed by atoms with E-state index >= 15 is 0 Å². The third kappa shape index (κ3) is 3.53. The Morgan fingerprint density at radius 3 is 2.65 bits per heavy atom. The van der Waals surface area contributed by atoms with Crippen molar-refractivity contribution in [2.45, 2.75) is 18.8 Å². The lowest BCUT2D eigenvalue weighted by Crippen LogP contribution is -2.26. The molecule has 1 N–H and O–H groups in total. The lowest BCUT2D eigenvalue weighted by Gasteiger charge is -2.16. The van der Waals surface area contributed by atoms with Gasteiger partial charge in [-0.1, -0.05) is 41.9 Å². The van der Waals surface area contributed by atoms with Gasteiger partial charge < -0.3 is 5.32 Å². The second-order valence-corrected chi connectivity index (χ2v) is 5.23. The van der Waals surface area contributed by atoms with Gasteiger partial charge in [0.25, 0.3) is 5.91 Å². The molecule has 1 atom stereocenters. The Labute approximate surface area is 128 Å². The van der Waals surface area contributed by atoms with E-state index in [0.29, 0.717) is 16.5 Å². The lowest BCUT2D eigenvalue weighted by molar-refractivity contribution is 0.0940. The van der Waals surface area contributed by atoms with E-state index < -0.39 is 0 Å². The van der Waals surface area contributed by atoms with Crippen LogP contribution in [0.15, 0.2) is 48.5 Å². The molecule has 0 spiro atoms. The number of alkyl halides is 1. The van der Waals surface area contributed by atoms with Gasteiger partial charge in [0.15, 0.2) is 0 Å². The van der Waals surface area contributed by atoms with Crippen molar-refractivity contribution in [3.63, 3.8) is 0 Å². The highest BCUT2D eigenvalue weighted by Gasteiger charge is 2.13. The Morgan fingerprint density at radius 1 is 1.20 bits per heavy atom. The van der Waals surface area contributed by atoms with Gasteiger partial charge in [-0.15, -0.1) is 11.6 Å². The van der Waals surface area contributed by atoms with Gasteiger partial charge in [0.2, 0.25) is 0 Å². The summed E-state index contributed by atoms with van der Waals surface area (Å²) in [5.41, 5.74) is 2.42. The van der Waals surface area contributed by atoms with E-state index in [1.54, 1.807) is 12.1 Å². The lowest BCUT2D eigenvalue weighted by atomic mass is 10.1. The molecule has 0 aromatic heterocycles. The highest BCUT2D eigenvalue weighted by atomic mass is 35.5. The van der Waals surface area contributed by atoms with Crippen LogP contribution in [0.4, 0.5) is 0 Å². The minimum Gasteiger partial charge on any atom is -0.345 e. The minimum absolute atomic E-state index is 0.135. The largest absolute Gasteiger partial charge is 0.345 e. The Hall–Kier alpha value is -1.51. The first-order valence-corrected chi connectivity index (χ1v) is 7.23. The molecule has 0 saturated heterocycles. The molecule has 0 unspecified atom stereocenters. The zero-order valence-corrected chi connectivity index (χ0v) is 12.6. The highest BCUT2D eigenvalue weighted by Crippen LogP contribution is 2.22. The Kier molecular flexibility index (Phi) is 5.05. The number of amides is 1.